The first-order chi connectivity index (χ1) is 23.8. The summed E-state index contributed by atoms with van der Waals surface area (Å²) in [6.45, 7) is 3.26. The molecule has 49 heavy (non-hydrogen) atoms. The molecule has 0 heterocycles. The third-order valence-electron chi connectivity index (χ3n) is 7.71. The van der Waals surface area contributed by atoms with E-state index in [-0.39, 0.29) is 30.9 Å². The molecule has 9 heteroatoms. The molecule has 2 amide bonds. The summed E-state index contributed by atoms with van der Waals surface area (Å²) in [4.78, 5) is 47.3. The van der Waals surface area contributed by atoms with Gasteiger partial charge in [0.1, 0.15) is 12.1 Å². The van der Waals surface area contributed by atoms with Crippen LogP contribution < -0.4 is 10.6 Å². The summed E-state index contributed by atoms with van der Waals surface area (Å²) in [5.41, 5.74) is 0. The molecule has 0 aliphatic carbocycles. The second-order valence-electron chi connectivity index (χ2n) is 12.3. The Kier molecular flexibility index (Phi) is 32.0. The minimum absolute atomic E-state index is 0.135. The largest absolute Gasteiger partial charge is 0.480 e. The van der Waals surface area contributed by atoms with E-state index in [2.05, 4.69) is 79.2 Å². The van der Waals surface area contributed by atoms with E-state index in [1.807, 2.05) is 6.08 Å². The highest BCUT2D eigenvalue weighted by molar-refractivity contribution is 5.87. The standard InChI is InChI=1S/C40H66N2O7/c1-3-5-7-9-11-13-15-16-18-21-25-29-35(49-39(46)32-28-24-19-17-14-12-10-8-6-4-2)30-26-22-20-23-27-31-37(44)41-33-38(45)42-36(34-43)40(47)48/h5,7-8,10-11,13,16,18,25,29,35-36,43H,3-4,6,9,12,14-15,17,19-24,26-28,30-34H2,1-2H3,(H,41,44)(H,42,45)(H,47,48)/b7-5-,10-8-,13-11-,18-16-,29-25-. The predicted molar refractivity (Wildman–Crippen MR) is 199 cm³/mol. The molecule has 2 atom stereocenters. The lowest BCUT2D eigenvalue weighted by Crippen LogP contribution is -2.47. The average molecular weight is 687 g/mol. The highest BCUT2D eigenvalue weighted by Gasteiger charge is 2.18. The maximum absolute atomic E-state index is 12.6. The number of unbranched alkanes of at least 4 members (excludes halogenated alkanes) is 10. The summed E-state index contributed by atoms with van der Waals surface area (Å²) in [7, 11) is 0. The summed E-state index contributed by atoms with van der Waals surface area (Å²) in [6.07, 6.45) is 39.8. The molecule has 9 nitrogen and oxygen atoms in total. The molecular formula is C40H66N2O7. The molecule has 0 aliphatic rings. The van der Waals surface area contributed by atoms with Gasteiger partial charge in [0.25, 0.3) is 0 Å². The van der Waals surface area contributed by atoms with E-state index in [0.717, 1.165) is 89.9 Å². The molecule has 0 bridgehead atoms. The van der Waals surface area contributed by atoms with Gasteiger partial charge in [-0.25, -0.2) is 4.79 Å². The number of ether oxygens (including phenoxy) is 1. The van der Waals surface area contributed by atoms with Crippen LogP contribution in [0.15, 0.2) is 60.8 Å². The van der Waals surface area contributed by atoms with Crippen LogP contribution in [0.4, 0.5) is 0 Å². The van der Waals surface area contributed by atoms with Crippen molar-refractivity contribution in [2.45, 2.75) is 154 Å². The van der Waals surface area contributed by atoms with Crippen molar-refractivity contribution in [3.63, 3.8) is 0 Å². The number of carbonyl (C=O) groups excluding carboxylic acids is 3. The van der Waals surface area contributed by atoms with Crippen molar-refractivity contribution in [2.24, 2.45) is 0 Å². The molecule has 0 aromatic rings. The van der Waals surface area contributed by atoms with Crippen LogP contribution in [-0.2, 0) is 23.9 Å². The summed E-state index contributed by atoms with van der Waals surface area (Å²) < 4.78 is 5.87. The molecule has 0 rings (SSSR count). The lowest BCUT2D eigenvalue weighted by atomic mass is 10.1. The molecule has 0 fully saturated rings. The molecule has 4 N–H and O–H groups in total. The lowest BCUT2D eigenvalue weighted by molar-refractivity contribution is -0.147. The van der Waals surface area contributed by atoms with Crippen LogP contribution in [-0.4, -0.2) is 59.3 Å². The molecule has 278 valence electrons. The molecule has 0 aromatic carbocycles. The Morgan fingerprint density at radius 1 is 0.653 bits per heavy atom. The van der Waals surface area contributed by atoms with E-state index < -0.39 is 24.5 Å². The van der Waals surface area contributed by atoms with Gasteiger partial charge in [0.2, 0.25) is 11.8 Å². The minimum Gasteiger partial charge on any atom is -0.480 e. The van der Waals surface area contributed by atoms with E-state index in [1.54, 1.807) is 0 Å². The van der Waals surface area contributed by atoms with Crippen molar-refractivity contribution >= 4 is 23.8 Å². The van der Waals surface area contributed by atoms with Crippen LogP contribution in [0.3, 0.4) is 0 Å². The third-order valence-corrected chi connectivity index (χ3v) is 7.71. The Morgan fingerprint density at radius 2 is 1.22 bits per heavy atom. The second-order valence-corrected chi connectivity index (χ2v) is 12.3. The molecule has 0 saturated carbocycles. The normalized spacial score (nSPS) is 13.2. The topological polar surface area (TPSA) is 142 Å². The maximum Gasteiger partial charge on any atom is 0.328 e. The van der Waals surface area contributed by atoms with Gasteiger partial charge in [-0.2, -0.15) is 0 Å². The van der Waals surface area contributed by atoms with Gasteiger partial charge in [0.05, 0.1) is 13.2 Å². The predicted octanol–water partition coefficient (Wildman–Crippen LogP) is 8.20. The number of esters is 1. The van der Waals surface area contributed by atoms with Crippen LogP contribution in [0.25, 0.3) is 0 Å². The zero-order valence-electron chi connectivity index (χ0n) is 30.4. The summed E-state index contributed by atoms with van der Waals surface area (Å²) in [6, 6.07) is -1.39. The summed E-state index contributed by atoms with van der Waals surface area (Å²) in [5.74, 6) is -2.42. The SMILES string of the molecule is CC/C=C\C/C=C\C/C=C\C/C=C\C(CCCCCCCC(=O)NCC(=O)NC(CO)C(=O)O)OC(=O)CCCCCCC/C=C\CCC. The lowest BCUT2D eigenvalue weighted by Gasteiger charge is -2.15. The number of nitrogens with one attached hydrogen (secondary N) is 2. The number of carboxylic acids is 1. The zero-order chi connectivity index (χ0) is 36.2. The number of aliphatic carboxylic acids is 1. The van der Waals surface area contributed by atoms with Crippen molar-refractivity contribution in [2.75, 3.05) is 13.2 Å². The fourth-order valence-corrected chi connectivity index (χ4v) is 4.86. The van der Waals surface area contributed by atoms with E-state index in [9.17, 15) is 19.2 Å². The molecule has 0 aliphatic heterocycles. The molecular weight excluding hydrogens is 620 g/mol. The van der Waals surface area contributed by atoms with Crippen LogP contribution >= 0.6 is 0 Å². The Hall–Kier alpha value is -3.46. The Morgan fingerprint density at radius 3 is 1.86 bits per heavy atom. The Bertz CT molecular complexity index is 1020. The second kappa shape index (κ2) is 34.4. The quantitative estimate of drug-likeness (QED) is 0.0318. The van der Waals surface area contributed by atoms with Gasteiger partial charge in [0.15, 0.2) is 0 Å². The number of carbonyl (C=O) groups is 4. The van der Waals surface area contributed by atoms with Crippen molar-refractivity contribution in [3.8, 4) is 0 Å². The fraction of sp³-hybridized carbons (Fsp3) is 0.650. The molecule has 2 unspecified atom stereocenters. The van der Waals surface area contributed by atoms with E-state index in [4.69, 9.17) is 14.9 Å². The fourth-order valence-electron chi connectivity index (χ4n) is 4.86. The molecule has 0 spiro atoms. The average Bonchev–Trinajstić information content (AvgIpc) is 3.08. The van der Waals surface area contributed by atoms with Crippen molar-refractivity contribution < 1.29 is 34.1 Å². The van der Waals surface area contributed by atoms with E-state index >= 15 is 0 Å². The Labute approximate surface area is 296 Å². The number of hydrogen-bond acceptors (Lipinski definition) is 6. The van der Waals surface area contributed by atoms with E-state index in [0.29, 0.717) is 12.8 Å². The minimum atomic E-state index is -1.39. The van der Waals surface area contributed by atoms with Crippen LogP contribution in [0.1, 0.15) is 142 Å². The van der Waals surface area contributed by atoms with Crippen LogP contribution in [0.5, 0.6) is 0 Å². The summed E-state index contributed by atoms with van der Waals surface area (Å²) >= 11 is 0. The molecule has 0 radical (unpaired) electrons. The van der Waals surface area contributed by atoms with Crippen molar-refractivity contribution in [3.05, 3.63) is 60.8 Å². The van der Waals surface area contributed by atoms with Gasteiger partial charge < -0.3 is 25.6 Å². The number of hydrogen-bond donors (Lipinski definition) is 4. The van der Waals surface area contributed by atoms with E-state index in [1.165, 1.54) is 19.3 Å². The van der Waals surface area contributed by atoms with Gasteiger partial charge >= 0.3 is 11.9 Å². The molecule has 0 aromatic heterocycles. The van der Waals surface area contributed by atoms with Gasteiger partial charge in [-0.15, -0.1) is 0 Å². The molecule has 0 saturated heterocycles. The monoisotopic (exact) mass is 686 g/mol. The number of amides is 2. The van der Waals surface area contributed by atoms with Gasteiger partial charge in [-0.1, -0.05) is 113 Å². The first kappa shape index (κ1) is 45.5. The number of aliphatic hydroxyl groups is 1. The van der Waals surface area contributed by atoms with Crippen molar-refractivity contribution in [1.29, 1.82) is 0 Å². The van der Waals surface area contributed by atoms with Gasteiger partial charge in [-0.05, 0) is 76.7 Å². The first-order valence-corrected chi connectivity index (χ1v) is 18.7. The number of aliphatic hydroxyl groups excluding tert-OH is 1. The first-order valence-electron chi connectivity index (χ1n) is 18.7. The number of rotatable bonds is 32. The highest BCUT2D eigenvalue weighted by atomic mass is 16.5. The number of allylic oxidation sites excluding steroid dienone is 9. The smallest absolute Gasteiger partial charge is 0.328 e. The number of carboxylic acid groups (broad SMARTS) is 1. The van der Waals surface area contributed by atoms with Crippen LogP contribution in [0.2, 0.25) is 0 Å². The zero-order valence-corrected chi connectivity index (χ0v) is 30.4. The third kappa shape index (κ3) is 31.6. The highest BCUT2D eigenvalue weighted by Crippen LogP contribution is 2.14. The van der Waals surface area contributed by atoms with Crippen LogP contribution in [0, 0.1) is 0 Å². The van der Waals surface area contributed by atoms with Gasteiger partial charge in [0, 0.05) is 12.8 Å². The van der Waals surface area contributed by atoms with Gasteiger partial charge in [-0.3, -0.25) is 14.4 Å². The summed E-state index contributed by atoms with van der Waals surface area (Å²) in [5, 5.41) is 22.5. The Balaban J connectivity index is 4.48. The van der Waals surface area contributed by atoms with Crippen molar-refractivity contribution in [1.82, 2.24) is 10.6 Å². The maximum atomic E-state index is 12.6.